The van der Waals surface area contributed by atoms with Crippen LogP contribution in [-0.4, -0.2) is 10.1 Å². The van der Waals surface area contributed by atoms with E-state index in [0.717, 1.165) is 25.0 Å². The zero-order valence-corrected chi connectivity index (χ0v) is 10.7. The molecule has 0 saturated heterocycles. The van der Waals surface area contributed by atoms with E-state index in [9.17, 15) is 13.2 Å². The molecule has 106 valence electrons. The lowest BCUT2D eigenvalue weighted by atomic mass is 9.97. The minimum Gasteiger partial charge on any atom is -0.337 e. The van der Waals surface area contributed by atoms with Gasteiger partial charge in [-0.05, 0) is 37.8 Å². The molecule has 0 radical (unpaired) electrons. The molecule has 7 heteroatoms. The highest BCUT2D eigenvalue weighted by molar-refractivity contribution is 5.54. The van der Waals surface area contributed by atoms with Crippen molar-refractivity contribution < 1.29 is 17.7 Å². The van der Waals surface area contributed by atoms with Gasteiger partial charge >= 0.3 is 0 Å². The fraction of sp³-hybridized carbons (Fsp3) is 0.385. The van der Waals surface area contributed by atoms with Gasteiger partial charge in [-0.25, -0.2) is 13.2 Å². The fourth-order valence-electron chi connectivity index (χ4n) is 2.10. The fourth-order valence-corrected chi connectivity index (χ4v) is 2.10. The molecule has 3 rings (SSSR count). The minimum absolute atomic E-state index is 0.00277. The summed E-state index contributed by atoms with van der Waals surface area (Å²) in [5, 5.41) is 3.65. The standard InChI is InChI=1S/C13H12F3N3O/c1-13(17,7-2-3-7)12-18-11(19-20-12)6-4-8(14)10(16)9(15)5-6/h4-5,7H,2-3,17H2,1H3. The maximum Gasteiger partial charge on any atom is 0.247 e. The Bertz CT molecular complexity index is 642. The predicted octanol–water partition coefficient (Wildman–Crippen LogP) is 2.74. The Morgan fingerprint density at radius 3 is 2.40 bits per heavy atom. The molecule has 0 amide bonds. The molecular weight excluding hydrogens is 271 g/mol. The Labute approximate surface area is 112 Å². The van der Waals surface area contributed by atoms with E-state index >= 15 is 0 Å². The van der Waals surface area contributed by atoms with Crippen molar-refractivity contribution in [2.45, 2.75) is 25.3 Å². The summed E-state index contributed by atoms with van der Waals surface area (Å²) < 4.78 is 44.3. The van der Waals surface area contributed by atoms with E-state index in [1.807, 2.05) is 0 Å². The van der Waals surface area contributed by atoms with E-state index in [1.54, 1.807) is 6.92 Å². The molecule has 1 atom stereocenters. The monoisotopic (exact) mass is 283 g/mol. The number of aromatic nitrogens is 2. The number of nitrogens with zero attached hydrogens (tertiary/aromatic N) is 2. The Morgan fingerprint density at radius 1 is 1.25 bits per heavy atom. The maximum atomic E-state index is 13.2. The Kier molecular flexibility index (Phi) is 2.82. The Balaban J connectivity index is 1.98. The van der Waals surface area contributed by atoms with Gasteiger partial charge in [0.15, 0.2) is 17.5 Å². The summed E-state index contributed by atoms with van der Waals surface area (Å²) in [7, 11) is 0. The lowest BCUT2D eigenvalue weighted by molar-refractivity contribution is 0.273. The second-order valence-electron chi connectivity index (χ2n) is 5.23. The topological polar surface area (TPSA) is 64.9 Å². The third-order valence-corrected chi connectivity index (χ3v) is 3.55. The van der Waals surface area contributed by atoms with Crippen molar-refractivity contribution in [2.24, 2.45) is 11.7 Å². The predicted molar refractivity (Wildman–Crippen MR) is 63.9 cm³/mol. The molecule has 1 saturated carbocycles. The van der Waals surface area contributed by atoms with Crippen LogP contribution in [0.2, 0.25) is 0 Å². The van der Waals surface area contributed by atoms with Gasteiger partial charge in [0.2, 0.25) is 11.7 Å². The lowest BCUT2D eigenvalue weighted by Gasteiger charge is -2.18. The first-order valence-electron chi connectivity index (χ1n) is 6.17. The zero-order valence-electron chi connectivity index (χ0n) is 10.7. The molecule has 0 bridgehead atoms. The first-order chi connectivity index (χ1) is 9.39. The molecule has 1 fully saturated rings. The van der Waals surface area contributed by atoms with Crippen LogP contribution in [0.3, 0.4) is 0 Å². The third-order valence-electron chi connectivity index (χ3n) is 3.55. The van der Waals surface area contributed by atoms with Crippen LogP contribution in [-0.2, 0) is 5.54 Å². The average Bonchev–Trinajstić information content (AvgIpc) is 3.13. The van der Waals surface area contributed by atoms with Crippen molar-refractivity contribution >= 4 is 0 Å². The van der Waals surface area contributed by atoms with Crippen LogP contribution in [0.15, 0.2) is 16.7 Å². The Morgan fingerprint density at radius 2 is 1.85 bits per heavy atom. The van der Waals surface area contributed by atoms with Gasteiger partial charge in [-0.1, -0.05) is 5.16 Å². The van der Waals surface area contributed by atoms with E-state index in [4.69, 9.17) is 10.3 Å². The van der Waals surface area contributed by atoms with Gasteiger partial charge in [-0.15, -0.1) is 0 Å². The van der Waals surface area contributed by atoms with E-state index in [2.05, 4.69) is 10.1 Å². The summed E-state index contributed by atoms with van der Waals surface area (Å²) in [5.74, 6) is -3.68. The smallest absolute Gasteiger partial charge is 0.247 e. The molecule has 4 nitrogen and oxygen atoms in total. The molecule has 1 aliphatic carbocycles. The highest BCUT2D eigenvalue weighted by atomic mass is 19.2. The van der Waals surface area contributed by atoms with Gasteiger partial charge in [0.25, 0.3) is 0 Å². The van der Waals surface area contributed by atoms with Crippen LogP contribution in [0.1, 0.15) is 25.7 Å². The van der Waals surface area contributed by atoms with Crippen molar-refractivity contribution in [2.75, 3.05) is 0 Å². The molecule has 1 aliphatic rings. The Hall–Kier alpha value is -1.89. The van der Waals surface area contributed by atoms with Gasteiger partial charge in [0.05, 0.1) is 5.54 Å². The summed E-state index contributed by atoms with van der Waals surface area (Å²) in [6, 6.07) is 1.63. The van der Waals surface area contributed by atoms with Gasteiger partial charge in [0, 0.05) is 5.56 Å². The molecule has 0 spiro atoms. The van der Waals surface area contributed by atoms with Crippen LogP contribution >= 0.6 is 0 Å². The lowest BCUT2D eigenvalue weighted by Crippen LogP contribution is -2.35. The number of rotatable bonds is 3. The summed E-state index contributed by atoms with van der Waals surface area (Å²) in [6.07, 6.45) is 1.95. The summed E-state index contributed by atoms with van der Waals surface area (Å²) in [6.45, 7) is 1.77. The van der Waals surface area contributed by atoms with Crippen molar-refractivity contribution in [1.29, 1.82) is 0 Å². The highest BCUT2D eigenvalue weighted by Crippen LogP contribution is 2.43. The first kappa shape index (κ1) is 13.1. The van der Waals surface area contributed by atoms with Crippen LogP contribution < -0.4 is 5.73 Å². The molecular formula is C13H12F3N3O. The van der Waals surface area contributed by atoms with Crippen LogP contribution in [0.4, 0.5) is 13.2 Å². The molecule has 1 heterocycles. The van der Waals surface area contributed by atoms with Crippen LogP contribution in [0.5, 0.6) is 0 Å². The normalized spacial score (nSPS) is 18.1. The summed E-state index contributed by atoms with van der Waals surface area (Å²) in [4.78, 5) is 4.07. The first-order valence-corrected chi connectivity index (χ1v) is 6.17. The number of halogens is 3. The number of hydrogen-bond donors (Lipinski definition) is 1. The van der Waals surface area contributed by atoms with Crippen molar-refractivity contribution in [3.8, 4) is 11.4 Å². The van der Waals surface area contributed by atoms with Crippen LogP contribution in [0.25, 0.3) is 11.4 Å². The molecule has 1 unspecified atom stereocenters. The minimum atomic E-state index is -1.53. The van der Waals surface area contributed by atoms with E-state index in [1.165, 1.54) is 0 Å². The number of nitrogens with two attached hydrogens (primary N) is 1. The third kappa shape index (κ3) is 2.07. The molecule has 20 heavy (non-hydrogen) atoms. The second-order valence-corrected chi connectivity index (χ2v) is 5.23. The van der Waals surface area contributed by atoms with Gasteiger partial charge in [0.1, 0.15) is 0 Å². The average molecular weight is 283 g/mol. The maximum absolute atomic E-state index is 13.2. The molecule has 2 N–H and O–H groups in total. The number of benzene rings is 1. The van der Waals surface area contributed by atoms with Crippen molar-refractivity contribution in [3.63, 3.8) is 0 Å². The SMILES string of the molecule is CC(N)(c1nc(-c2cc(F)c(F)c(F)c2)no1)C1CC1. The number of hydrogen-bond acceptors (Lipinski definition) is 4. The summed E-state index contributed by atoms with van der Waals surface area (Å²) >= 11 is 0. The largest absolute Gasteiger partial charge is 0.337 e. The molecule has 1 aromatic carbocycles. The van der Waals surface area contributed by atoms with E-state index in [-0.39, 0.29) is 23.2 Å². The van der Waals surface area contributed by atoms with Gasteiger partial charge < -0.3 is 10.3 Å². The molecule has 0 aliphatic heterocycles. The van der Waals surface area contributed by atoms with E-state index < -0.39 is 23.0 Å². The van der Waals surface area contributed by atoms with Gasteiger partial charge in [-0.3, -0.25) is 0 Å². The molecule has 2 aromatic rings. The zero-order chi connectivity index (χ0) is 14.5. The molecule has 1 aromatic heterocycles. The second kappa shape index (κ2) is 4.31. The van der Waals surface area contributed by atoms with Crippen molar-refractivity contribution in [3.05, 3.63) is 35.5 Å². The van der Waals surface area contributed by atoms with Gasteiger partial charge in [-0.2, -0.15) is 4.98 Å². The van der Waals surface area contributed by atoms with E-state index in [0.29, 0.717) is 0 Å². The quantitative estimate of drug-likeness (QED) is 0.880. The van der Waals surface area contributed by atoms with Crippen molar-refractivity contribution in [1.82, 2.24) is 10.1 Å². The van der Waals surface area contributed by atoms with Crippen LogP contribution in [0, 0.1) is 23.4 Å². The highest BCUT2D eigenvalue weighted by Gasteiger charge is 2.43. The summed E-state index contributed by atoms with van der Waals surface area (Å²) in [5.41, 5.74) is 5.36.